The minimum atomic E-state index is -0.188. The van der Waals surface area contributed by atoms with Crippen LogP contribution in [0.3, 0.4) is 0 Å². The monoisotopic (exact) mass is 506 g/mol. The third kappa shape index (κ3) is 6.66. The number of amides is 1. The van der Waals surface area contributed by atoms with E-state index in [-0.39, 0.29) is 12.5 Å². The summed E-state index contributed by atoms with van der Waals surface area (Å²) < 4.78 is 6.79. The Bertz CT molecular complexity index is 1190. The predicted molar refractivity (Wildman–Crippen MR) is 136 cm³/mol. The number of aromatic amines is 1. The average molecular weight is 507 g/mol. The van der Waals surface area contributed by atoms with Crippen LogP contribution in [0.1, 0.15) is 23.4 Å². The number of H-pyrrole nitrogens is 1. The Kier molecular flexibility index (Phi) is 7.75. The maximum Gasteiger partial charge on any atom is 0.262 e. The molecule has 1 heterocycles. The standard InChI is InChI=1S/C26H27BrN4O2/c1-18-8-11-21(12-9-18)29-26(32)17-33-24-13-10-20(27)15-19(24)16-28-14-4-7-25-30-22-5-2-3-6-23(22)31-25/h2-3,5-6,8-13,15,28H,4,7,14,16-17H2,1H3,(H,29,32)(H,30,31). The molecule has 4 aromatic rings. The highest BCUT2D eigenvalue weighted by Crippen LogP contribution is 2.23. The summed E-state index contributed by atoms with van der Waals surface area (Å²) in [5.41, 5.74) is 4.98. The summed E-state index contributed by atoms with van der Waals surface area (Å²) in [5, 5.41) is 6.32. The molecule has 7 heteroatoms. The Labute approximate surface area is 201 Å². The number of fused-ring (bicyclic) bond motifs is 1. The van der Waals surface area contributed by atoms with Crippen LogP contribution in [0.2, 0.25) is 0 Å². The zero-order valence-corrected chi connectivity index (χ0v) is 20.1. The van der Waals surface area contributed by atoms with Gasteiger partial charge in [0.15, 0.2) is 6.61 Å². The number of carbonyl (C=O) groups excluding carboxylic acids is 1. The molecule has 6 nitrogen and oxygen atoms in total. The van der Waals surface area contributed by atoms with Crippen LogP contribution in [0.15, 0.2) is 71.2 Å². The Hall–Kier alpha value is -3.16. The molecule has 0 aliphatic heterocycles. The quantitative estimate of drug-likeness (QED) is 0.252. The highest BCUT2D eigenvalue weighted by Gasteiger charge is 2.09. The van der Waals surface area contributed by atoms with Crippen LogP contribution in [0.4, 0.5) is 5.69 Å². The van der Waals surface area contributed by atoms with Crippen LogP contribution in [0.25, 0.3) is 11.0 Å². The van der Waals surface area contributed by atoms with E-state index in [1.165, 1.54) is 0 Å². The van der Waals surface area contributed by atoms with Crippen molar-refractivity contribution in [1.29, 1.82) is 0 Å². The van der Waals surface area contributed by atoms with Gasteiger partial charge in [-0.1, -0.05) is 45.8 Å². The molecule has 4 rings (SSSR count). The van der Waals surface area contributed by atoms with E-state index in [4.69, 9.17) is 4.74 Å². The first-order chi connectivity index (χ1) is 16.1. The van der Waals surface area contributed by atoms with Crippen molar-refractivity contribution in [2.24, 2.45) is 0 Å². The maximum atomic E-state index is 12.3. The average Bonchev–Trinajstić information content (AvgIpc) is 3.23. The molecule has 0 bridgehead atoms. The van der Waals surface area contributed by atoms with Crippen LogP contribution in [0.5, 0.6) is 5.75 Å². The lowest BCUT2D eigenvalue weighted by molar-refractivity contribution is -0.118. The summed E-state index contributed by atoms with van der Waals surface area (Å²) in [6.45, 7) is 3.45. The van der Waals surface area contributed by atoms with Crippen molar-refractivity contribution in [2.75, 3.05) is 18.5 Å². The van der Waals surface area contributed by atoms with E-state index >= 15 is 0 Å². The number of anilines is 1. The highest BCUT2D eigenvalue weighted by molar-refractivity contribution is 9.10. The summed E-state index contributed by atoms with van der Waals surface area (Å²) in [4.78, 5) is 20.3. The molecule has 0 aliphatic carbocycles. The first-order valence-electron chi connectivity index (χ1n) is 11.0. The van der Waals surface area contributed by atoms with E-state index in [1.54, 1.807) is 0 Å². The van der Waals surface area contributed by atoms with Crippen molar-refractivity contribution in [3.8, 4) is 5.75 Å². The van der Waals surface area contributed by atoms with Crippen molar-refractivity contribution in [2.45, 2.75) is 26.3 Å². The molecule has 0 radical (unpaired) electrons. The number of nitrogens with one attached hydrogen (secondary N) is 3. The number of rotatable bonds is 10. The second-order valence-electron chi connectivity index (χ2n) is 7.94. The van der Waals surface area contributed by atoms with E-state index in [2.05, 4.69) is 36.5 Å². The van der Waals surface area contributed by atoms with Crippen LogP contribution < -0.4 is 15.4 Å². The number of nitrogens with zero attached hydrogens (tertiary/aromatic N) is 1. The lowest BCUT2D eigenvalue weighted by Crippen LogP contribution is -2.21. The SMILES string of the molecule is Cc1ccc(NC(=O)COc2ccc(Br)cc2CNCCCc2nc3ccccc3[nH]2)cc1. The second kappa shape index (κ2) is 11.1. The van der Waals surface area contributed by atoms with Gasteiger partial charge in [-0.2, -0.15) is 0 Å². The van der Waals surface area contributed by atoms with Gasteiger partial charge in [0.05, 0.1) is 11.0 Å². The normalized spacial score (nSPS) is 11.0. The van der Waals surface area contributed by atoms with Crippen molar-refractivity contribution in [3.63, 3.8) is 0 Å². The number of hydrogen-bond donors (Lipinski definition) is 3. The number of aryl methyl sites for hydroxylation is 2. The largest absolute Gasteiger partial charge is 0.483 e. The number of carbonyl (C=O) groups is 1. The number of imidazole rings is 1. The molecule has 0 atom stereocenters. The van der Waals surface area contributed by atoms with Crippen molar-refractivity contribution < 1.29 is 9.53 Å². The Morgan fingerprint density at radius 1 is 1.09 bits per heavy atom. The Morgan fingerprint density at radius 3 is 2.73 bits per heavy atom. The fourth-order valence-corrected chi connectivity index (χ4v) is 3.94. The molecule has 0 saturated carbocycles. The summed E-state index contributed by atoms with van der Waals surface area (Å²) in [5.74, 6) is 1.51. The van der Waals surface area contributed by atoms with Gasteiger partial charge in [-0.25, -0.2) is 4.98 Å². The third-order valence-electron chi connectivity index (χ3n) is 5.24. The topological polar surface area (TPSA) is 79.0 Å². The molecular formula is C26H27BrN4O2. The summed E-state index contributed by atoms with van der Waals surface area (Å²) >= 11 is 3.52. The summed E-state index contributed by atoms with van der Waals surface area (Å²) in [7, 11) is 0. The third-order valence-corrected chi connectivity index (χ3v) is 5.73. The lowest BCUT2D eigenvalue weighted by Gasteiger charge is -2.13. The molecule has 0 saturated heterocycles. The number of benzene rings is 3. The second-order valence-corrected chi connectivity index (χ2v) is 8.85. The molecule has 33 heavy (non-hydrogen) atoms. The fourth-order valence-electron chi connectivity index (χ4n) is 3.53. The number of halogens is 1. The molecule has 0 fully saturated rings. The van der Waals surface area contributed by atoms with Gasteiger partial charge < -0.3 is 20.4 Å². The summed E-state index contributed by atoms with van der Waals surface area (Å²) in [6, 6.07) is 21.6. The number of hydrogen-bond acceptors (Lipinski definition) is 4. The summed E-state index contributed by atoms with van der Waals surface area (Å²) in [6.07, 6.45) is 1.84. The van der Waals surface area contributed by atoms with Gasteiger partial charge in [-0.05, 0) is 62.4 Å². The van der Waals surface area contributed by atoms with Gasteiger partial charge >= 0.3 is 0 Å². The molecule has 0 aliphatic rings. The first-order valence-corrected chi connectivity index (χ1v) is 11.8. The Balaban J connectivity index is 1.24. The van der Waals surface area contributed by atoms with Crippen molar-refractivity contribution in [1.82, 2.24) is 15.3 Å². The fraction of sp³-hybridized carbons (Fsp3) is 0.231. The van der Waals surface area contributed by atoms with Crippen molar-refractivity contribution >= 4 is 38.6 Å². The van der Waals surface area contributed by atoms with Crippen LogP contribution in [-0.2, 0) is 17.8 Å². The molecule has 0 unspecified atom stereocenters. The highest BCUT2D eigenvalue weighted by atomic mass is 79.9. The van der Waals surface area contributed by atoms with E-state index in [1.807, 2.05) is 73.7 Å². The molecule has 3 N–H and O–H groups in total. The van der Waals surface area contributed by atoms with E-state index in [0.717, 1.165) is 57.5 Å². The molecule has 170 valence electrons. The lowest BCUT2D eigenvalue weighted by atomic mass is 10.2. The van der Waals surface area contributed by atoms with Crippen molar-refractivity contribution in [3.05, 3.63) is 88.2 Å². The molecule has 3 aromatic carbocycles. The van der Waals surface area contributed by atoms with E-state index in [9.17, 15) is 4.79 Å². The van der Waals surface area contributed by atoms with E-state index in [0.29, 0.717) is 12.3 Å². The molecule has 0 spiro atoms. The molecular weight excluding hydrogens is 480 g/mol. The van der Waals surface area contributed by atoms with Gasteiger partial charge in [0.25, 0.3) is 5.91 Å². The number of para-hydroxylation sites is 2. The van der Waals surface area contributed by atoms with Gasteiger partial charge in [-0.15, -0.1) is 0 Å². The minimum absolute atomic E-state index is 0.0471. The minimum Gasteiger partial charge on any atom is -0.483 e. The zero-order valence-electron chi connectivity index (χ0n) is 18.5. The van der Waals surface area contributed by atoms with Crippen LogP contribution in [0, 0.1) is 6.92 Å². The number of aromatic nitrogens is 2. The predicted octanol–water partition coefficient (Wildman–Crippen LogP) is 5.37. The smallest absolute Gasteiger partial charge is 0.262 e. The van der Waals surface area contributed by atoms with Crippen LogP contribution in [-0.4, -0.2) is 29.0 Å². The Morgan fingerprint density at radius 2 is 1.91 bits per heavy atom. The van der Waals surface area contributed by atoms with Crippen LogP contribution >= 0.6 is 15.9 Å². The maximum absolute atomic E-state index is 12.3. The van der Waals surface area contributed by atoms with Gasteiger partial charge in [0.1, 0.15) is 11.6 Å². The van der Waals surface area contributed by atoms with Gasteiger partial charge in [0, 0.05) is 28.7 Å². The van der Waals surface area contributed by atoms with Gasteiger partial charge in [0.2, 0.25) is 0 Å². The van der Waals surface area contributed by atoms with E-state index < -0.39 is 0 Å². The van der Waals surface area contributed by atoms with Gasteiger partial charge in [-0.3, -0.25) is 4.79 Å². The first kappa shape index (κ1) is 23.0. The molecule has 1 aromatic heterocycles. The zero-order chi connectivity index (χ0) is 23.0. The number of ether oxygens (including phenoxy) is 1. The molecule has 1 amide bonds.